The smallest absolute Gasteiger partial charge is 0.250 e. The first-order valence-corrected chi connectivity index (χ1v) is 18.5. The first-order chi connectivity index (χ1) is 28.7. The van der Waals surface area contributed by atoms with Crippen molar-refractivity contribution < 1.29 is 22.6 Å². The van der Waals surface area contributed by atoms with E-state index in [1.54, 1.807) is 49.2 Å². The second-order valence-electron chi connectivity index (χ2n) is 13.6. The summed E-state index contributed by atoms with van der Waals surface area (Å²) in [6, 6.07) is 26.6. The summed E-state index contributed by atoms with van der Waals surface area (Å²) in [5.74, 6) is -2.71. The molecule has 0 saturated carbocycles. The van der Waals surface area contributed by atoms with E-state index in [1.807, 2.05) is 108 Å². The maximum atomic E-state index is 14.3. The number of benzene rings is 4. The van der Waals surface area contributed by atoms with Gasteiger partial charge in [-0.05, 0) is 73.5 Å². The zero-order valence-corrected chi connectivity index (χ0v) is 32.5. The molecule has 0 bridgehead atoms. The Kier molecular flexibility index (Phi) is 10.7. The summed E-state index contributed by atoms with van der Waals surface area (Å²) in [4.78, 5) is 28.3. The maximum absolute atomic E-state index is 14.3. The topological polar surface area (TPSA) is 112 Å². The Labute approximate surface area is 337 Å². The lowest BCUT2D eigenvalue weighted by molar-refractivity contribution is 0.412. The number of rotatable bonds is 13. The zero-order chi connectivity index (χ0) is 41.0. The molecule has 0 radical (unpaired) electrons. The largest absolute Gasteiger partial charge is 0.494 e. The van der Waals surface area contributed by atoms with Crippen molar-refractivity contribution in [3.63, 3.8) is 0 Å². The minimum atomic E-state index is -1.54. The molecule has 4 aromatic heterocycles. The van der Waals surface area contributed by atoms with Gasteiger partial charge in [0.15, 0.2) is 17.5 Å². The molecule has 4 aromatic carbocycles. The van der Waals surface area contributed by atoms with E-state index >= 15 is 0 Å². The molecule has 0 fully saturated rings. The van der Waals surface area contributed by atoms with Gasteiger partial charge in [0.2, 0.25) is 11.9 Å². The minimum absolute atomic E-state index is 0.0321. The van der Waals surface area contributed by atoms with E-state index in [2.05, 4.69) is 9.97 Å². The van der Waals surface area contributed by atoms with E-state index < -0.39 is 17.5 Å². The number of hydrazine groups is 1. The van der Waals surface area contributed by atoms with E-state index in [0.717, 1.165) is 46.2 Å². The predicted octanol–water partition coefficient (Wildman–Crippen LogP) is 8.76. The number of ether oxygens (including phenoxy) is 2. The molecule has 0 atom stereocenters. The molecule has 0 unspecified atom stereocenters. The van der Waals surface area contributed by atoms with Crippen molar-refractivity contribution in [2.45, 2.75) is 26.7 Å². The molecule has 8 aromatic rings. The SMILES string of the molecule is COc1cc(N(c2nccc(Cc3ccccc3)n2)N(c2ccc(-n3cnc(C)c3)c(OC)c2)c2nccc(Cc3cc(F)c(F)c(F)c3)n2)ccc1-n1cnc(C)c1. The van der Waals surface area contributed by atoms with Crippen molar-refractivity contribution in [3.05, 3.63) is 180 Å². The van der Waals surface area contributed by atoms with Crippen LogP contribution in [-0.4, -0.2) is 53.3 Å². The molecular weight excluding hydrogens is 758 g/mol. The predicted molar refractivity (Wildman–Crippen MR) is 216 cm³/mol. The maximum Gasteiger partial charge on any atom is 0.250 e. The number of hydrogen-bond donors (Lipinski definition) is 0. The number of imidazole rings is 2. The van der Waals surface area contributed by atoms with E-state index in [4.69, 9.17) is 29.4 Å². The van der Waals surface area contributed by atoms with Crippen LogP contribution >= 0.6 is 0 Å². The normalized spacial score (nSPS) is 11.1. The Morgan fingerprint density at radius 2 is 1.03 bits per heavy atom. The van der Waals surface area contributed by atoms with E-state index in [9.17, 15) is 13.2 Å². The lowest BCUT2D eigenvalue weighted by Crippen LogP contribution is -2.38. The van der Waals surface area contributed by atoms with Crippen LogP contribution in [0.2, 0.25) is 0 Å². The van der Waals surface area contributed by atoms with Crippen LogP contribution in [0.25, 0.3) is 11.4 Å². The summed E-state index contributed by atoms with van der Waals surface area (Å²) in [7, 11) is 3.16. The second kappa shape index (κ2) is 16.5. The number of methoxy groups -OCH3 is 2. The molecule has 0 aliphatic rings. The Balaban J connectivity index is 1.34. The van der Waals surface area contributed by atoms with Crippen LogP contribution in [0.1, 0.15) is 33.9 Å². The van der Waals surface area contributed by atoms with Gasteiger partial charge in [0, 0.05) is 49.8 Å². The third-order valence-corrected chi connectivity index (χ3v) is 9.43. The number of nitrogens with zero attached hydrogens (tertiary/aromatic N) is 10. The monoisotopic (exact) mass is 794 g/mol. The van der Waals surface area contributed by atoms with Gasteiger partial charge in [0.05, 0.1) is 72.4 Å². The molecule has 4 heterocycles. The zero-order valence-electron chi connectivity index (χ0n) is 32.5. The van der Waals surface area contributed by atoms with E-state index in [0.29, 0.717) is 35.0 Å². The molecule has 0 aliphatic heterocycles. The van der Waals surface area contributed by atoms with Gasteiger partial charge in [-0.3, -0.25) is 0 Å². The standard InChI is InChI=1S/C44H37F3N10O2/c1-28-24-54(26-50-28)38-12-10-34(22-40(38)58-3)56(43-48-16-14-32(52-43)18-30-8-6-5-7-9-30)57(35-11-13-39(41(23-35)59-4)55-25-29(2)51-27-55)44-49-17-15-33(53-44)19-31-20-36(45)42(47)37(46)21-31/h5-17,20-27H,18-19H2,1-4H3. The Bertz CT molecular complexity index is 2740. The van der Waals surface area contributed by atoms with Crippen molar-refractivity contribution >= 4 is 23.3 Å². The van der Waals surface area contributed by atoms with Crippen molar-refractivity contribution in [1.82, 2.24) is 39.0 Å². The average molecular weight is 795 g/mol. The average Bonchev–Trinajstić information content (AvgIpc) is 3.89. The van der Waals surface area contributed by atoms with Crippen LogP contribution < -0.4 is 19.5 Å². The third kappa shape index (κ3) is 8.16. The van der Waals surface area contributed by atoms with Gasteiger partial charge in [0.1, 0.15) is 11.5 Å². The molecule has 0 spiro atoms. The second-order valence-corrected chi connectivity index (χ2v) is 13.6. The molecular formula is C44H37F3N10O2. The molecule has 0 aliphatic carbocycles. The van der Waals surface area contributed by atoms with Gasteiger partial charge in [-0.15, -0.1) is 0 Å². The lowest BCUT2D eigenvalue weighted by Gasteiger charge is -2.35. The van der Waals surface area contributed by atoms with E-state index in [1.165, 1.54) is 6.20 Å². The van der Waals surface area contributed by atoms with Gasteiger partial charge < -0.3 is 18.6 Å². The van der Waals surface area contributed by atoms with Crippen molar-refractivity contribution in [2.75, 3.05) is 24.2 Å². The van der Waals surface area contributed by atoms with E-state index in [-0.39, 0.29) is 23.9 Å². The Hall–Kier alpha value is -7.55. The summed E-state index contributed by atoms with van der Waals surface area (Å²) < 4.78 is 58.2. The van der Waals surface area contributed by atoms with Gasteiger partial charge in [-0.25, -0.2) is 53.1 Å². The quantitative estimate of drug-likeness (QED) is 0.0830. The number of hydrogen-bond acceptors (Lipinski definition) is 10. The number of aryl methyl sites for hydroxylation is 2. The lowest BCUT2D eigenvalue weighted by atomic mass is 10.1. The molecule has 0 saturated heterocycles. The fraction of sp³-hybridized carbons (Fsp3) is 0.136. The van der Waals surface area contributed by atoms with Gasteiger partial charge >= 0.3 is 0 Å². The van der Waals surface area contributed by atoms with Crippen LogP contribution in [0.4, 0.5) is 36.4 Å². The molecule has 296 valence electrons. The van der Waals surface area contributed by atoms with Gasteiger partial charge in [-0.2, -0.15) is 0 Å². The molecule has 0 N–H and O–H groups in total. The van der Waals surface area contributed by atoms with Crippen LogP contribution in [0.5, 0.6) is 11.5 Å². The highest BCUT2D eigenvalue weighted by atomic mass is 19.2. The summed E-state index contributed by atoms with van der Waals surface area (Å²) in [6.07, 6.45) is 10.9. The highest BCUT2D eigenvalue weighted by Gasteiger charge is 2.29. The number of aromatic nitrogens is 8. The van der Waals surface area contributed by atoms with Gasteiger partial charge in [0.25, 0.3) is 0 Å². The first kappa shape index (κ1) is 38.3. The molecule has 15 heteroatoms. The summed E-state index contributed by atoms with van der Waals surface area (Å²) in [6.45, 7) is 3.80. The first-order valence-electron chi connectivity index (χ1n) is 18.5. The van der Waals surface area contributed by atoms with Crippen LogP contribution in [0.15, 0.2) is 128 Å². The summed E-state index contributed by atoms with van der Waals surface area (Å²) >= 11 is 0. The molecule has 8 rings (SSSR count). The van der Waals surface area contributed by atoms with Crippen molar-refractivity contribution in [1.29, 1.82) is 0 Å². The van der Waals surface area contributed by atoms with Crippen LogP contribution in [0, 0.1) is 31.3 Å². The number of anilines is 4. The van der Waals surface area contributed by atoms with Gasteiger partial charge in [-0.1, -0.05) is 30.3 Å². The number of halogens is 3. The summed E-state index contributed by atoms with van der Waals surface area (Å²) in [5, 5.41) is 3.48. The van der Waals surface area contributed by atoms with Crippen LogP contribution in [0.3, 0.4) is 0 Å². The fourth-order valence-corrected chi connectivity index (χ4v) is 6.66. The van der Waals surface area contributed by atoms with Crippen LogP contribution in [-0.2, 0) is 12.8 Å². The molecule has 12 nitrogen and oxygen atoms in total. The van der Waals surface area contributed by atoms with Crippen molar-refractivity contribution in [3.8, 4) is 22.9 Å². The highest BCUT2D eigenvalue weighted by Crippen LogP contribution is 2.39. The third-order valence-electron chi connectivity index (χ3n) is 9.43. The molecule has 59 heavy (non-hydrogen) atoms. The summed E-state index contributed by atoms with van der Waals surface area (Å²) in [5.41, 5.74) is 6.58. The highest BCUT2D eigenvalue weighted by molar-refractivity contribution is 5.75. The Morgan fingerprint density at radius 3 is 1.47 bits per heavy atom. The minimum Gasteiger partial charge on any atom is -0.494 e. The molecule has 0 amide bonds. The van der Waals surface area contributed by atoms with Crippen molar-refractivity contribution in [2.24, 2.45) is 0 Å². The Morgan fingerprint density at radius 1 is 0.559 bits per heavy atom. The fourth-order valence-electron chi connectivity index (χ4n) is 6.66.